The summed E-state index contributed by atoms with van der Waals surface area (Å²) in [6, 6.07) is 9.41. The molecule has 2 aromatic rings. The van der Waals surface area contributed by atoms with Crippen LogP contribution in [0.3, 0.4) is 0 Å². The topological polar surface area (TPSA) is 39.2 Å². The first-order valence-electron chi connectivity index (χ1n) is 5.46. The number of ether oxygens (including phenoxy) is 1. The van der Waals surface area contributed by atoms with Gasteiger partial charge in [0.15, 0.2) is 0 Å². The van der Waals surface area contributed by atoms with E-state index in [1.807, 2.05) is 37.3 Å². The molecule has 94 valence electrons. The number of benzene rings is 1. The number of rotatable bonds is 3. The molecule has 0 fully saturated rings. The quantitative estimate of drug-likeness (QED) is 0.796. The molecule has 1 heterocycles. The SMILES string of the molecule is CC(=O)O[C@H](C)c1cc(-c2ccc(Cl)cc2)ns1. The van der Waals surface area contributed by atoms with Crippen LogP contribution >= 0.6 is 23.1 Å². The lowest BCUT2D eigenvalue weighted by Gasteiger charge is -2.07. The van der Waals surface area contributed by atoms with E-state index < -0.39 is 0 Å². The van der Waals surface area contributed by atoms with Crippen LogP contribution in [-0.4, -0.2) is 10.3 Å². The highest BCUT2D eigenvalue weighted by Crippen LogP contribution is 2.28. The van der Waals surface area contributed by atoms with E-state index >= 15 is 0 Å². The normalized spacial score (nSPS) is 12.2. The standard InChI is InChI=1S/C13H12ClNO2S/c1-8(17-9(2)16)13-7-12(15-18-13)10-3-5-11(14)6-4-10/h3-8H,1-2H3/t8-/m1/s1. The molecule has 2 rings (SSSR count). The summed E-state index contributed by atoms with van der Waals surface area (Å²) < 4.78 is 9.47. The van der Waals surface area contributed by atoms with Crippen molar-refractivity contribution in [1.29, 1.82) is 0 Å². The first-order chi connectivity index (χ1) is 8.56. The predicted molar refractivity (Wildman–Crippen MR) is 72.7 cm³/mol. The highest BCUT2D eigenvalue weighted by atomic mass is 35.5. The minimum absolute atomic E-state index is 0.263. The molecule has 3 nitrogen and oxygen atoms in total. The van der Waals surface area contributed by atoms with Crippen LogP contribution in [0.2, 0.25) is 5.02 Å². The molecule has 0 bridgehead atoms. The number of nitrogens with zero attached hydrogens (tertiary/aromatic N) is 1. The van der Waals surface area contributed by atoms with Gasteiger partial charge in [0.2, 0.25) is 0 Å². The van der Waals surface area contributed by atoms with Crippen LogP contribution in [-0.2, 0) is 9.53 Å². The highest BCUT2D eigenvalue weighted by molar-refractivity contribution is 7.06. The average molecular weight is 282 g/mol. The molecule has 0 amide bonds. The third-order valence-electron chi connectivity index (χ3n) is 2.41. The second-order valence-corrected chi connectivity index (χ2v) is 5.15. The number of halogens is 1. The zero-order valence-electron chi connectivity index (χ0n) is 10.0. The third-order valence-corrected chi connectivity index (χ3v) is 3.61. The fourth-order valence-corrected chi connectivity index (χ4v) is 2.39. The molecule has 0 saturated carbocycles. The second-order valence-electron chi connectivity index (χ2n) is 3.87. The van der Waals surface area contributed by atoms with Crippen LogP contribution in [0.4, 0.5) is 0 Å². The van der Waals surface area contributed by atoms with E-state index in [2.05, 4.69) is 4.37 Å². The van der Waals surface area contributed by atoms with Crippen molar-refractivity contribution in [2.24, 2.45) is 0 Å². The molecule has 0 aliphatic heterocycles. The van der Waals surface area contributed by atoms with Crippen LogP contribution in [0.1, 0.15) is 24.8 Å². The van der Waals surface area contributed by atoms with Gasteiger partial charge >= 0.3 is 5.97 Å². The summed E-state index contributed by atoms with van der Waals surface area (Å²) in [5, 5.41) is 0.697. The molecule has 1 aromatic heterocycles. The summed E-state index contributed by atoms with van der Waals surface area (Å²) in [5.41, 5.74) is 1.86. The lowest BCUT2D eigenvalue weighted by molar-refractivity contribution is -0.145. The summed E-state index contributed by atoms with van der Waals surface area (Å²) in [7, 11) is 0. The average Bonchev–Trinajstić information content (AvgIpc) is 2.78. The van der Waals surface area contributed by atoms with Crippen molar-refractivity contribution in [2.75, 3.05) is 0 Å². The summed E-state index contributed by atoms with van der Waals surface area (Å²) in [5.74, 6) is -0.288. The summed E-state index contributed by atoms with van der Waals surface area (Å²) in [4.78, 5) is 11.8. The Kier molecular flexibility index (Phi) is 3.99. The number of hydrogen-bond donors (Lipinski definition) is 0. The van der Waals surface area contributed by atoms with E-state index in [1.54, 1.807) is 0 Å². The number of hydrogen-bond acceptors (Lipinski definition) is 4. The number of esters is 1. The van der Waals surface area contributed by atoms with E-state index in [0.717, 1.165) is 16.1 Å². The highest BCUT2D eigenvalue weighted by Gasteiger charge is 2.13. The van der Waals surface area contributed by atoms with E-state index in [9.17, 15) is 4.79 Å². The fraction of sp³-hybridized carbons (Fsp3) is 0.231. The van der Waals surface area contributed by atoms with Crippen molar-refractivity contribution in [3.8, 4) is 11.3 Å². The van der Waals surface area contributed by atoms with Gasteiger partial charge in [0.25, 0.3) is 0 Å². The Morgan fingerprint density at radius 1 is 1.39 bits per heavy atom. The van der Waals surface area contributed by atoms with E-state index in [0.29, 0.717) is 5.02 Å². The maximum Gasteiger partial charge on any atom is 0.303 e. The van der Waals surface area contributed by atoms with E-state index in [4.69, 9.17) is 16.3 Å². The summed E-state index contributed by atoms with van der Waals surface area (Å²) in [6.07, 6.45) is -0.263. The van der Waals surface area contributed by atoms with Crippen molar-refractivity contribution < 1.29 is 9.53 Å². The minimum Gasteiger partial charge on any atom is -0.457 e. The van der Waals surface area contributed by atoms with Crippen LogP contribution in [0, 0.1) is 0 Å². The Labute approximate surface area is 115 Å². The van der Waals surface area contributed by atoms with Crippen LogP contribution in [0.15, 0.2) is 30.3 Å². The molecule has 0 radical (unpaired) electrons. The maximum atomic E-state index is 10.9. The van der Waals surface area contributed by atoms with Gasteiger partial charge in [0.1, 0.15) is 6.10 Å². The zero-order chi connectivity index (χ0) is 13.1. The Morgan fingerprint density at radius 2 is 2.06 bits per heavy atom. The van der Waals surface area contributed by atoms with Crippen LogP contribution < -0.4 is 0 Å². The summed E-state index contributed by atoms with van der Waals surface area (Å²) in [6.45, 7) is 3.23. The molecule has 1 aromatic carbocycles. The molecule has 0 N–H and O–H groups in total. The van der Waals surface area contributed by atoms with Gasteiger partial charge in [-0.05, 0) is 36.7 Å². The zero-order valence-corrected chi connectivity index (χ0v) is 11.6. The maximum absolute atomic E-state index is 10.9. The number of carbonyl (C=O) groups is 1. The Bertz CT molecular complexity index is 550. The Balaban J connectivity index is 2.19. The molecular formula is C13H12ClNO2S. The van der Waals surface area contributed by atoms with Crippen LogP contribution in [0.5, 0.6) is 0 Å². The fourth-order valence-electron chi connectivity index (χ4n) is 1.54. The molecule has 0 unspecified atom stereocenters. The van der Waals surface area contributed by atoms with Gasteiger partial charge in [-0.2, -0.15) is 4.37 Å². The van der Waals surface area contributed by atoms with Gasteiger partial charge in [-0.15, -0.1) is 0 Å². The van der Waals surface area contributed by atoms with Crippen LogP contribution in [0.25, 0.3) is 11.3 Å². The van der Waals surface area contributed by atoms with Crippen molar-refractivity contribution >= 4 is 29.1 Å². The molecule has 0 aliphatic rings. The largest absolute Gasteiger partial charge is 0.457 e. The minimum atomic E-state index is -0.288. The number of aromatic nitrogens is 1. The number of carbonyl (C=O) groups excluding carboxylic acids is 1. The molecule has 18 heavy (non-hydrogen) atoms. The van der Waals surface area contributed by atoms with Gasteiger partial charge in [-0.25, -0.2) is 0 Å². The van der Waals surface area contributed by atoms with Crippen molar-refractivity contribution in [2.45, 2.75) is 20.0 Å². The first-order valence-corrected chi connectivity index (χ1v) is 6.61. The van der Waals surface area contributed by atoms with Gasteiger partial charge < -0.3 is 4.74 Å². The van der Waals surface area contributed by atoms with E-state index in [1.165, 1.54) is 18.5 Å². The van der Waals surface area contributed by atoms with Gasteiger partial charge in [0.05, 0.1) is 10.6 Å². The lowest BCUT2D eigenvalue weighted by Crippen LogP contribution is -2.02. The molecule has 0 spiro atoms. The third kappa shape index (κ3) is 3.09. The van der Waals surface area contributed by atoms with Crippen molar-refractivity contribution in [1.82, 2.24) is 4.37 Å². The van der Waals surface area contributed by atoms with Gasteiger partial charge in [0, 0.05) is 17.5 Å². The second kappa shape index (κ2) is 5.50. The van der Waals surface area contributed by atoms with E-state index in [-0.39, 0.29) is 12.1 Å². The molecule has 5 heteroatoms. The predicted octanol–water partition coefficient (Wildman–Crippen LogP) is 4.09. The molecule has 1 atom stereocenters. The molecule has 0 aliphatic carbocycles. The molecular weight excluding hydrogens is 270 g/mol. The first kappa shape index (κ1) is 13.1. The van der Waals surface area contributed by atoms with Crippen molar-refractivity contribution in [3.05, 3.63) is 40.2 Å². The van der Waals surface area contributed by atoms with Gasteiger partial charge in [-0.3, -0.25) is 4.79 Å². The van der Waals surface area contributed by atoms with Crippen molar-refractivity contribution in [3.63, 3.8) is 0 Å². The Hall–Kier alpha value is -1.39. The summed E-state index contributed by atoms with van der Waals surface area (Å²) >= 11 is 7.18. The lowest BCUT2D eigenvalue weighted by atomic mass is 10.1. The smallest absolute Gasteiger partial charge is 0.303 e. The Morgan fingerprint density at radius 3 is 2.67 bits per heavy atom. The molecule has 0 saturated heterocycles. The monoisotopic (exact) mass is 281 g/mol. The van der Waals surface area contributed by atoms with Gasteiger partial charge in [-0.1, -0.05) is 23.7 Å².